The van der Waals surface area contributed by atoms with Gasteiger partial charge >= 0.3 is 5.97 Å². The zero-order chi connectivity index (χ0) is 13.1. The molecule has 1 aliphatic rings. The van der Waals surface area contributed by atoms with Crippen molar-refractivity contribution in [2.75, 3.05) is 20.3 Å². The van der Waals surface area contributed by atoms with Gasteiger partial charge in [-0.25, -0.2) is 0 Å². The van der Waals surface area contributed by atoms with Crippen LogP contribution < -0.4 is 9.47 Å². The molecule has 1 N–H and O–H groups in total. The Morgan fingerprint density at radius 2 is 2.33 bits per heavy atom. The predicted octanol–water partition coefficient (Wildman–Crippen LogP) is 1.36. The first-order chi connectivity index (χ1) is 8.61. The van der Waals surface area contributed by atoms with E-state index >= 15 is 0 Å². The van der Waals surface area contributed by atoms with Crippen LogP contribution in [0.25, 0.3) is 0 Å². The monoisotopic (exact) mass is 251 g/mol. The molecule has 1 aromatic carbocycles. The van der Waals surface area contributed by atoms with Crippen LogP contribution in [-0.4, -0.2) is 42.3 Å². The standard InChI is InChI=1S/C13H17NO4/c1-9(13(15)16)14-5-6-18-12-7-11(17-2)4-3-10(12)8-14/h3-4,7,9H,5-6,8H2,1-2H3,(H,15,16). The summed E-state index contributed by atoms with van der Waals surface area (Å²) in [6.45, 7) is 3.35. The third-order valence-electron chi connectivity index (χ3n) is 3.19. The topological polar surface area (TPSA) is 59.0 Å². The number of benzene rings is 1. The minimum absolute atomic E-state index is 0.484. The molecule has 5 nitrogen and oxygen atoms in total. The summed E-state index contributed by atoms with van der Waals surface area (Å²) in [7, 11) is 1.61. The van der Waals surface area contributed by atoms with Crippen LogP contribution in [0.4, 0.5) is 0 Å². The van der Waals surface area contributed by atoms with Crippen LogP contribution in [-0.2, 0) is 11.3 Å². The molecule has 1 aromatic rings. The molecular formula is C13H17NO4. The highest BCUT2D eigenvalue weighted by Crippen LogP contribution is 2.28. The van der Waals surface area contributed by atoms with Gasteiger partial charge in [0.15, 0.2) is 0 Å². The lowest BCUT2D eigenvalue weighted by Gasteiger charge is -2.23. The molecule has 98 valence electrons. The lowest BCUT2D eigenvalue weighted by molar-refractivity contribution is -0.142. The van der Waals surface area contributed by atoms with Gasteiger partial charge in [0.1, 0.15) is 24.1 Å². The van der Waals surface area contributed by atoms with Crippen LogP contribution in [0.3, 0.4) is 0 Å². The van der Waals surface area contributed by atoms with E-state index in [4.69, 9.17) is 14.6 Å². The van der Waals surface area contributed by atoms with Gasteiger partial charge in [-0.15, -0.1) is 0 Å². The molecule has 0 aromatic heterocycles. The van der Waals surface area contributed by atoms with Gasteiger partial charge in [-0.3, -0.25) is 9.69 Å². The molecule has 0 aliphatic carbocycles. The maximum absolute atomic E-state index is 11.0. The molecule has 1 atom stereocenters. The summed E-state index contributed by atoms with van der Waals surface area (Å²) in [6.07, 6.45) is 0. The van der Waals surface area contributed by atoms with Crippen molar-refractivity contribution in [3.8, 4) is 11.5 Å². The second-order valence-electron chi connectivity index (χ2n) is 4.31. The van der Waals surface area contributed by atoms with Gasteiger partial charge in [0.05, 0.1) is 7.11 Å². The van der Waals surface area contributed by atoms with Gasteiger partial charge in [-0.05, 0) is 13.0 Å². The summed E-state index contributed by atoms with van der Waals surface area (Å²) in [5, 5.41) is 9.05. The summed E-state index contributed by atoms with van der Waals surface area (Å²) in [4.78, 5) is 12.9. The quantitative estimate of drug-likeness (QED) is 0.879. The van der Waals surface area contributed by atoms with Gasteiger partial charge in [-0.2, -0.15) is 0 Å². The maximum Gasteiger partial charge on any atom is 0.320 e. The van der Waals surface area contributed by atoms with Crippen molar-refractivity contribution in [3.63, 3.8) is 0 Å². The summed E-state index contributed by atoms with van der Waals surface area (Å²) in [5.41, 5.74) is 0.987. The van der Waals surface area contributed by atoms with Crippen LogP contribution in [0.15, 0.2) is 18.2 Å². The van der Waals surface area contributed by atoms with E-state index in [9.17, 15) is 4.79 Å². The predicted molar refractivity (Wildman–Crippen MR) is 66.0 cm³/mol. The fraction of sp³-hybridized carbons (Fsp3) is 0.462. The van der Waals surface area contributed by atoms with Gasteiger partial charge in [0.25, 0.3) is 0 Å². The number of hydrogen-bond donors (Lipinski definition) is 1. The number of ether oxygens (including phenoxy) is 2. The van der Waals surface area contributed by atoms with E-state index in [0.717, 1.165) is 17.1 Å². The Kier molecular flexibility index (Phi) is 3.72. The number of rotatable bonds is 3. The fourth-order valence-corrected chi connectivity index (χ4v) is 1.98. The summed E-state index contributed by atoms with van der Waals surface area (Å²) in [6, 6.07) is 5.10. The van der Waals surface area contributed by atoms with E-state index < -0.39 is 12.0 Å². The molecule has 0 saturated heterocycles. The number of carboxylic acids is 1. The number of hydrogen-bond acceptors (Lipinski definition) is 4. The first kappa shape index (κ1) is 12.7. The Morgan fingerprint density at radius 1 is 1.56 bits per heavy atom. The number of carboxylic acid groups (broad SMARTS) is 1. The highest BCUT2D eigenvalue weighted by Gasteiger charge is 2.24. The molecule has 18 heavy (non-hydrogen) atoms. The Bertz CT molecular complexity index is 447. The zero-order valence-electron chi connectivity index (χ0n) is 10.5. The lowest BCUT2D eigenvalue weighted by atomic mass is 10.1. The molecule has 2 rings (SSSR count). The van der Waals surface area contributed by atoms with Crippen molar-refractivity contribution >= 4 is 5.97 Å². The van der Waals surface area contributed by atoms with Crippen LogP contribution in [0, 0.1) is 0 Å². The Labute approximate surface area is 106 Å². The van der Waals surface area contributed by atoms with E-state index in [-0.39, 0.29) is 0 Å². The molecule has 0 fully saturated rings. The smallest absolute Gasteiger partial charge is 0.320 e. The van der Waals surface area contributed by atoms with Crippen molar-refractivity contribution in [1.82, 2.24) is 4.90 Å². The second-order valence-corrected chi connectivity index (χ2v) is 4.31. The average molecular weight is 251 g/mol. The maximum atomic E-state index is 11.0. The number of carbonyl (C=O) groups is 1. The van der Waals surface area contributed by atoms with Gasteiger partial charge in [0, 0.05) is 24.7 Å². The minimum Gasteiger partial charge on any atom is -0.497 e. The third-order valence-corrected chi connectivity index (χ3v) is 3.19. The molecule has 0 amide bonds. The van der Waals surface area contributed by atoms with Gasteiger partial charge in [0.2, 0.25) is 0 Å². The molecule has 0 saturated carbocycles. The highest BCUT2D eigenvalue weighted by molar-refractivity contribution is 5.72. The molecule has 1 aliphatic heterocycles. The first-order valence-corrected chi connectivity index (χ1v) is 5.88. The van der Waals surface area contributed by atoms with Crippen molar-refractivity contribution in [3.05, 3.63) is 23.8 Å². The Hall–Kier alpha value is -1.75. The number of nitrogens with zero attached hydrogens (tertiary/aromatic N) is 1. The fourth-order valence-electron chi connectivity index (χ4n) is 1.98. The number of fused-ring (bicyclic) bond motifs is 1. The van der Waals surface area contributed by atoms with Crippen molar-refractivity contribution in [2.24, 2.45) is 0 Å². The van der Waals surface area contributed by atoms with Gasteiger partial charge in [-0.1, -0.05) is 6.07 Å². The molecule has 0 spiro atoms. The molecule has 1 unspecified atom stereocenters. The van der Waals surface area contributed by atoms with Crippen LogP contribution in [0.1, 0.15) is 12.5 Å². The molecule has 5 heteroatoms. The SMILES string of the molecule is COc1ccc2c(c1)OCCN(C(C)C(=O)O)C2. The molecular weight excluding hydrogens is 234 g/mol. The van der Waals surface area contributed by atoms with Crippen LogP contribution in [0.2, 0.25) is 0 Å². The van der Waals surface area contributed by atoms with Crippen molar-refractivity contribution in [2.45, 2.75) is 19.5 Å². The summed E-state index contributed by atoms with van der Waals surface area (Å²) in [5.74, 6) is 0.704. The summed E-state index contributed by atoms with van der Waals surface area (Å²) < 4.78 is 10.8. The van der Waals surface area contributed by atoms with E-state index in [1.807, 2.05) is 23.1 Å². The number of aliphatic carboxylic acids is 1. The molecule has 1 heterocycles. The zero-order valence-corrected chi connectivity index (χ0v) is 10.5. The van der Waals surface area contributed by atoms with Crippen LogP contribution in [0.5, 0.6) is 11.5 Å². The largest absolute Gasteiger partial charge is 0.497 e. The van der Waals surface area contributed by atoms with Crippen molar-refractivity contribution in [1.29, 1.82) is 0 Å². The highest BCUT2D eigenvalue weighted by atomic mass is 16.5. The van der Waals surface area contributed by atoms with E-state index in [1.54, 1.807) is 14.0 Å². The first-order valence-electron chi connectivity index (χ1n) is 5.88. The van der Waals surface area contributed by atoms with Crippen molar-refractivity contribution < 1.29 is 19.4 Å². The average Bonchev–Trinajstić information content (AvgIpc) is 2.58. The third kappa shape index (κ3) is 2.56. The minimum atomic E-state index is -0.813. The van der Waals surface area contributed by atoms with Gasteiger partial charge < -0.3 is 14.6 Å². The van der Waals surface area contributed by atoms with E-state index in [1.165, 1.54) is 0 Å². The van der Waals surface area contributed by atoms with E-state index in [0.29, 0.717) is 19.7 Å². The Balaban J connectivity index is 2.22. The normalized spacial score (nSPS) is 17.2. The molecule has 0 bridgehead atoms. The number of methoxy groups -OCH3 is 1. The Morgan fingerprint density at radius 3 is 3.00 bits per heavy atom. The summed E-state index contributed by atoms with van der Waals surface area (Å²) >= 11 is 0. The lowest BCUT2D eigenvalue weighted by Crippen LogP contribution is -2.39. The second kappa shape index (κ2) is 5.27. The van der Waals surface area contributed by atoms with E-state index in [2.05, 4.69) is 0 Å². The van der Waals surface area contributed by atoms with Crippen LogP contribution >= 0.6 is 0 Å². The molecule has 0 radical (unpaired) electrons.